The number of para-hydroxylation sites is 1. The quantitative estimate of drug-likeness (QED) is 0.743. The molecule has 1 aliphatic carbocycles. The van der Waals surface area contributed by atoms with Crippen molar-refractivity contribution in [3.63, 3.8) is 0 Å². The minimum Gasteiger partial charge on any atom is -0.452 e. The van der Waals surface area contributed by atoms with E-state index >= 15 is 0 Å². The molecule has 1 amide bonds. The van der Waals surface area contributed by atoms with E-state index in [0.29, 0.717) is 17.8 Å². The number of rotatable bonds is 5. The van der Waals surface area contributed by atoms with Gasteiger partial charge in [-0.3, -0.25) is 9.78 Å². The van der Waals surface area contributed by atoms with Crippen LogP contribution in [0.15, 0.2) is 24.3 Å². The summed E-state index contributed by atoms with van der Waals surface area (Å²) in [6.07, 6.45) is 5.65. The molecule has 1 aromatic heterocycles. The fourth-order valence-electron chi connectivity index (χ4n) is 4.14. The molecule has 0 bridgehead atoms. The lowest BCUT2D eigenvalue weighted by atomic mass is 9.94. The molecule has 1 aromatic carbocycles. The molecule has 3 rings (SSSR count). The van der Waals surface area contributed by atoms with E-state index in [4.69, 9.17) is 4.74 Å². The molecule has 1 fully saturated rings. The highest BCUT2D eigenvalue weighted by atomic mass is 16.5. The van der Waals surface area contributed by atoms with Gasteiger partial charge in [-0.2, -0.15) is 0 Å². The lowest BCUT2D eigenvalue weighted by molar-refractivity contribution is -0.137. The van der Waals surface area contributed by atoms with Gasteiger partial charge in [0.2, 0.25) is 0 Å². The van der Waals surface area contributed by atoms with Gasteiger partial charge in [0.05, 0.1) is 16.8 Å². The molecule has 1 saturated carbocycles. The van der Waals surface area contributed by atoms with E-state index < -0.39 is 5.97 Å². The van der Waals surface area contributed by atoms with Crippen LogP contribution < -0.4 is 0 Å². The zero-order valence-corrected chi connectivity index (χ0v) is 16.5. The summed E-state index contributed by atoms with van der Waals surface area (Å²) in [6.45, 7) is 6.12. The maximum absolute atomic E-state index is 12.7. The van der Waals surface area contributed by atoms with Crippen molar-refractivity contribution in [2.24, 2.45) is 0 Å². The summed E-state index contributed by atoms with van der Waals surface area (Å²) >= 11 is 0. The van der Waals surface area contributed by atoms with E-state index in [1.807, 2.05) is 43.0 Å². The molecule has 0 radical (unpaired) electrons. The Morgan fingerprint density at radius 2 is 1.85 bits per heavy atom. The van der Waals surface area contributed by atoms with Crippen LogP contribution in [0.4, 0.5) is 0 Å². The third kappa shape index (κ3) is 4.12. The average molecular weight is 368 g/mol. The summed E-state index contributed by atoms with van der Waals surface area (Å²) < 4.78 is 5.40. The molecule has 5 heteroatoms. The van der Waals surface area contributed by atoms with Crippen LogP contribution in [-0.4, -0.2) is 41.0 Å². The Hall–Kier alpha value is -2.43. The summed E-state index contributed by atoms with van der Waals surface area (Å²) in [4.78, 5) is 31.7. The number of benzene rings is 1. The van der Waals surface area contributed by atoms with Crippen molar-refractivity contribution in [2.45, 2.75) is 58.9 Å². The van der Waals surface area contributed by atoms with Crippen molar-refractivity contribution in [3.8, 4) is 0 Å². The van der Waals surface area contributed by atoms with Crippen LogP contribution in [0.2, 0.25) is 0 Å². The Morgan fingerprint density at radius 1 is 1.15 bits per heavy atom. The first-order valence-corrected chi connectivity index (χ1v) is 9.85. The molecular formula is C22H28N2O3. The molecule has 0 saturated heterocycles. The van der Waals surface area contributed by atoms with Gasteiger partial charge in [-0.05, 0) is 45.2 Å². The lowest BCUT2D eigenvalue weighted by Crippen LogP contribution is -2.43. The maximum Gasteiger partial charge on any atom is 0.340 e. The van der Waals surface area contributed by atoms with Gasteiger partial charge in [0.25, 0.3) is 5.91 Å². The van der Waals surface area contributed by atoms with E-state index in [-0.39, 0.29) is 18.6 Å². The SMILES string of the molecule is CCN(C(=O)COC(=O)c1c(C)nc2ccccc2c1C)C1CCCCC1. The predicted molar refractivity (Wildman–Crippen MR) is 106 cm³/mol. The Kier molecular flexibility index (Phi) is 6.09. The van der Waals surface area contributed by atoms with Gasteiger partial charge >= 0.3 is 5.97 Å². The summed E-state index contributed by atoms with van der Waals surface area (Å²) in [5, 5.41) is 0.929. The van der Waals surface area contributed by atoms with Gasteiger partial charge in [-0.25, -0.2) is 4.79 Å². The first-order chi connectivity index (χ1) is 13.0. The fourth-order valence-corrected chi connectivity index (χ4v) is 4.14. The second kappa shape index (κ2) is 8.51. The average Bonchev–Trinajstić information content (AvgIpc) is 2.68. The van der Waals surface area contributed by atoms with Crippen LogP contribution >= 0.6 is 0 Å². The Balaban J connectivity index is 1.72. The van der Waals surface area contributed by atoms with Crippen LogP contribution in [0.1, 0.15) is 60.6 Å². The van der Waals surface area contributed by atoms with Gasteiger partial charge in [0.15, 0.2) is 6.61 Å². The van der Waals surface area contributed by atoms with Crippen LogP contribution in [0.25, 0.3) is 10.9 Å². The normalized spacial score (nSPS) is 14.9. The predicted octanol–water partition coefficient (Wildman–Crippen LogP) is 4.19. The summed E-state index contributed by atoms with van der Waals surface area (Å²) in [5.74, 6) is -0.585. The molecule has 0 spiro atoms. The Bertz CT molecular complexity index is 841. The van der Waals surface area contributed by atoms with Gasteiger partial charge in [0, 0.05) is 18.0 Å². The zero-order valence-electron chi connectivity index (χ0n) is 16.5. The molecule has 5 nitrogen and oxygen atoms in total. The van der Waals surface area contributed by atoms with Crippen LogP contribution in [0.3, 0.4) is 0 Å². The zero-order chi connectivity index (χ0) is 19.4. The van der Waals surface area contributed by atoms with Crippen molar-refractivity contribution in [1.82, 2.24) is 9.88 Å². The molecule has 0 N–H and O–H groups in total. The van der Waals surface area contributed by atoms with Crippen molar-refractivity contribution in [1.29, 1.82) is 0 Å². The minimum atomic E-state index is -0.476. The standard InChI is InChI=1S/C22H28N2O3/c1-4-24(17-10-6-5-7-11-17)20(25)14-27-22(26)21-15(2)18-12-8-9-13-19(18)23-16(21)3/h8-9,12-13,17H,4-7,10-11,14H2,1-3H3. The molecule has 1 aliphatic rings. The number of aryl methyl sites for hydroxylation is 2. The number of amides is 1. The number of hydrogen-bond donors (Lipinski definition) is 0. The summed E-state index contributed by atoms with van der Waals surface area (Å²) in [5.41, 5.74) is 2.79. The number of fused-ring (bicyclic) bond motifs is 1. The largest absolute Gasteiger partial charge is 0.452 e. The molecular weight excluding hydrogens is 340 g/mol. The van der Waals surface area contributed by atoms with E-state index in [0.717, 1.165) is 42.1 Å². The van der Waals surface area contributed by atoms with E-state index in [1.165, 1.54) is 6.42 Å². The van der Waals surface area contributed by atoms with Crippen molar-refractivity contribution >= 4 is 22.8 Å². The van der Waals surface area contributed by atoms with Crippen LogP contribution in [0.5, 0.6) is 0 Å². The molecule has 144 valence electrons. The number of likely N-dealkylation sites (N-methyl/N-ethyl adjacent to an activating group) is 1. The highest BCUT2D eigenvalue weighted by molar-refractivity contribution is 5.99. The topological polar surface area (TPSA) is 59.5 Å². The second-order valence-electron chi connectivity index (χ2n) is 7.26. The molecule has 0 aliphatic heterocycles. The number of hydrogen-bond acceptors (Lipinski definition) is 4. The van der Waals surface area contributed by atoms with Crippen LogP contribution in [-0.2, 0) is 9.53 Å². The highest BCUT2D eigenvalue weighted by Gasteiger charge is 2.25. The molecule has 0 unspecified atom stereocenters. The fraction of sp³-hybridized carbons (Fsp3) is 0.500. The maximum atomic E-state index is 12.7. The third-order valence-corrected chi connectivity index (χ3v) is 5.54. The van der Waals surface area contributed by atoms with Crippen molar-refractivity contribution in [3.05, 3.63) is 41.1 Å². The Labute approximate surface area is 160 Å². The number of carbonyl (C=O) groups excluding carboxylic acids is 2. The van der Waals surface area contributed by atoms with Gasteiger partial charge in [-0.1, -0.05) is 37.5 Å². The summed E-state index contributed by atoms with van der Waals surface area (Å²) in [7, 11) is 0. The molecule has 27 heavy (non-hydrogen) atoms. The monoisotopic (exact) mass is 368 g/mol. The van der Waals surface area contributed by atoms with Gasteiger partial charge in [-0.15, -0.1) is 0 Å². The van der Waals surface area contributed by atoms with Crippen molar-refractivity contribution in [2.75, 3.05) is 13.2 Å². The number of pyridine rings is 1. The van der Waals surface area contributed by atoms with Crippen LogP contribution in [0, 0.1) is 13.8 Å². The summed E-state index contributed by atoms with van der Waals surface area (Å²) in [6, 6.07) is 8.00. The first-order valence-electron chi connectivity index (χ1n) is 9.85. The van der Waals surface area contributed by atoms with E-state index in [2.05, 4.69) is 4.98 Å². The van der Waals surface area contributed by atoms with Gasteiger partial charge < -0.3 is 9.64 Å². The van der Waals surface area contributed by atoms with E-state index in [1.54, 1.807) is 6.92 Å². The molecule has 1 heterocycles. The number of carbonyl (C=O) groups is 2. The van der Waals surface area contributed by atoms with Crippen molar-refractivity contribution < 1.29 is 14.3 Å². The third-order valence-electron chi connectivity index (χ3n) is 5.54. The molecule has 2 aromatic rings. The van der Waals surface area contributed by atoms with E-state index in [9.17, 15) is 9.59 Å². The minimum absolute atomic E-state index is 0.109. The highest BCUT2D eigenvalue weighted by Crippen LogP contribution is 2.24. The number of nitrogens with zero attached hydrogens (tertiary/aromatic N) is 2. The second-order valence-corrected chi connectivity index (χ2v) is 7.26. The number of esters is 1. The molecule has 0 atom stereocenters. The Morgan fingerprint density at radius 3 is 2.56 bits per heavy atom. The first kappa shape index (κ1) is 19.3. The lowest BCUT2D eigenvalue weighted by Gasteiger charge is -2.33. The number of aromatic nitrogens is 1. The smallest absolute Gasteiger partial charge is 0.340 e. The number of ether oxygens (including phenoxy) is 1. The van der Waals surface area contributed by atoms with Gasteiger partial charge in [0.1, 0.15) is 0 Å².